The summed E-state index contributed by atoms with van der Waals surface area (Å²) in [5.41, 5.74) is 2.27. The summed E-state index contributed by atoms with van der Waals surface area (Å²) in [5, 5.41) is 14.3. The summed E-state index contributed by atoms with van der Waals surface area (Å²) in [6.45, 7) is 3.38. The molecular formula is C12H14N4OS. The maximum Gasteiger partial charge on any atom is 0.221 e. The molecule has 1 aromatic rings. The molecule has 5 nitrogen and oxygen atoms in total. The molecule has 0 saturated heterocycles. The molecule has 0 aliphatic rings. The van der Waals surface area contributed by atoms with Crippen LogP contribution in [0.5, 0.6) is 0 Å². The van der Waals surface area contributed by atoms with Crippen LogP contribution in [0.25, 0.3) is 0 Å². The molecule has 0 heterocycles. The van der Waals surface area contributed by atoms with Crippen molar-refractivity contribution in [2.24, 2.45) is 4.99 Å². The Balaban J connectivity index is 3.16. The Labute approximate surface area is 110 Å². The maximum absolute atomic E-state index is 11.1. The van der Waals surface area contributed by atoms with Crippen LogP contribution in [-0.2, 0) is 4.79 Å². The molecular weight excluding hydrogens is 248 g/mol. The molecule has 0 spiro atoms. The fraction of sp³-hybridized carbons (Fsp3) is 0.250. The minimum atomic E-state index is -0.158. The predicted octanol–water partition coefficient (Wildman–Crippen LogP) is 2.37. The number of amides is 1. The van der Waals surface area contributed by atoms with Crippen LogP contribution in [0.3, 0.4) is 0 Å². The molecule has 1 rings (SSSR count). The van der Waals surface area contributed by atoms with Gasteiger partial charge in [-0.15, -0.1) is 0 Å². The summed E-state index contributed by atoms with van der Waals surface area (Å²) >= 11 is 1.33. The number of hydrogen-bond donors (Lipinski definition) is 2. The van der Waals surface area contributed by atoms with Gasteiger partial charge in [0, 0.05) is 6.92 Å². The van der Waals surface area contributed by atoms with Crippen molar-refractivity contribution in [3.63, 3.8) is 0 Å². The van der Waals surface area contributed by atoms with Gasteiger partial charge in [0.15, 0.2) is 11.4 Å². The first-order valence-electron chi connectivity index (χ1n) is 5.23. The monoisotopic (exact) mass is 262 g/mol. The number of hydrogen-bond acceptors (Lipinski definition) is 4. The first-order valence-corrected chi connectivity index (χ1v) is 6.45. The van der Waals surface area contributed by atoms with Crippen LogP contribution in [0.1, 0.15) is 12.5 Å². The smallest absolute Gasteiger partial charge is 0.221 e. The molecule has 0 aliphatic heterocycles. The normalized spacial score (nSPS) is 10.7. The molecule has 18 heavy (non-hydrogen) atoms. The molecule has 0 fully saturated rings. The molecule has 0 aliphatic carbocycles. The zero-order chi connectivity index (χ0) is 13.5. The summed E-state index contributed by atoms with van der Waals surface area (Å²) in [7, 11) is 0. The third-order valence-corrected chi connectivity index (χ3v) is 2.62. The molecule has 0 bridgehead atoms. The Morgan fingerprint density at radius 3 is 2.78 bits per heavy atom. The summed E-state index contributed by atoms with van der Waals surface area (Å²) in [4.78, 5) is 15.4. The number of rotatable bonds is 2. The van der Waals surface area contributed by atoms with E-state index in [0.717, 1.165) is 5.56 Å². The number of amidine groups is 1. The van der Waals surface area contributed by atoms with Crippen molar-refractivity contribution >= 4 is 34.2 Å². The van der Waals surface area contributed by atoms with E-state index in [1.807, 2.05) is 31.5 Å². The van der Waals surface area contributed by atoms with Gasteiger partial charge in [0.2, 0.25) is 5.91 Å². The minimum Gasteiger partial charge on any atom is -0.324 e. The van der Waals surface area contributed by atoms with E-state index in [1.54, 1.807) is 6.07 Å². The first kappa shape index (κ1) is 14.1. The van der Waals surface area contributed by atoms with Crippen molar-refractivity contribution in [3.8, 4) is 6.19 Å². The number of nitriles is 1. The maximum atomic E-state index is 11.1. The molecule has 0 radical (unpaired) electrons. The average Bonchev–Trinajstić information content (AvgIpc) is 2.31. The lowest BCUT2D eigenvalue weighted by Crippen LogP contribution is -2.13. The zero-order valence-electron chi connectivity index (χ0n) is 10.4. The van der Waals surface area contributed by atoms with Gasteiger partial charge in [-0.3, -0.25) is 10.1 Å². The molecule has 2 N–H and O–H groups in total. The Hall–Kier alpha value is -2.00. The van der Waals surface area contributed by atoms with Gasteiger partial charge in [-0.2, -0.15) is 5.26 Å². The second-order valence-corrected chi connectivity index (χ2v) is 4.35. The Kier molecular flexibility index (Phi) is 5.21. The van der Waals surface area contributed by atoms with Crippen molar-refractivity contribution in [2.45, 2.75) is 13.8 Å². The van der Waals surface area contributed by atoms with E-state index < -0.39 is 0 Å². The lowest BCUT2D eigenvalue weighted by Gasteiger charge is -2.08. The average molecular weight is 262 g/mol. The second-order valence-electron chi connectivity index (χ2n) is 3.56. The molecule has 1 aromatic carbocycles. The van der Waals surface area contributed by atoms with E-state index in [-0.39, 0.29) is 5.91 Å². The van der Waals surface area contributed by atoms with Gasteiger partial charge in [-0.05, 0) is 30.9 Å². The van der Waals surface area contributed by atoms with Crippen LogP contribution in [0, 0.1) is 18.4 Å². The highest BCUT2D eigenvalue weighted by molar-refractivity contribution is 8.13. The highest BCUT2D eigenvalue weighted by Gasteiger charge is 2.05. The molecule has 6 heteroatoms. The third kappa shape index (κ3) is 4.11. The second kappa shape index (κ2) is 6.67. The van der Waals surface area contributed by atoms with Gasteiger partial charge in [-0.1, -0.05) is 17.8 Å². The fourth-order valence-electron chi connectivity index (χ4n) is 1.31. The van der Waals surface area contributed by atoms with E-state index in [4.69, 9.17) is 5.26 Å². The van der Waals surface area contributed by atoms with Crippen molar-refractivity contribution in [1.82, 2.24) is 5.32 Å². The number of aryl methyl sites for hydroxylation is 1. The fourth-order valence-corrected chi connectivity index (χ4v) is 1.65. The Morgan fingerprint density at radius 2 is 2.22 bits per heavy atom. The van der Waals surface area contributed by atoms with Crippen LogP contribution in [0.2, 0.25) is 0 Å². The lowest BCUT2D eigenvalue weighted by molar-refractivity contribution is -0.114. The van der Waals surface area contributed by atoms with Crippen molar-refractivity contribution in [2.75, 3.05) is 11.6 Å². The number of nitrogens with one attached hydrogen (secondary N) is 2. The SMILES string of the molecule is CSC(=Nc1cc(C)ccc1NC(C)=O)NC#N. The number of benzene rings is 1. The van der Waals surface area contributed by atoms with Crippen LogP contribution in [-0.4, -0.2) is 17.3 Å². The Morgan fingerprint density at radius 1 is 1.50 bits per heavy atom. The van der Waals surface area contributed by atoms with E-state index >= 15 is 0 Å². The van der Waals surface area contributed by atoms with Gasteiger partial charge in [-0.25, -0.2) is 4.99 Å². The zero-order valence-corrected chi connectivity index (χ0v) is 11.3. The minimum absolute atomic E-state index is 0.158. The van der Waals surface area contributed by atoms with Gasteiger partial charge in [0.1, 0.15) is 0 Å². The summed E-state index contributed by atoms with van der Waals surface area (Å²) in [6.07, 6.45) is 3.64. The molecule has 0 saturated carbocycles. The number of anilines is 1. The molecule has 94 valence electrons. The summed E-state index contributed by atoms with van der Waals surface area (Å²) in [5.74, 6) is -0.158. The number of thioether (sulfide) groups is 1. The largest absolute Gasteiger partial charge is 0.324 e. The predicted molar refractivity (Wildman–Crippen MR) is 74.8 cm³/mol. The van der Waals surface area contributed by atoms with Crippen molar-refractivity contribution in [3.05, 3.63) is 23.8 Å². The topological polar surface area (TPSA) is 77.3 Å². The van der Waals surface area contributed by atoms with Crippen LogP contribution in [0.4, 0.5) is 11.4 Å². The highest BCUT2D eigenvalue weighted by atomic mass is 32.2. The Bertz CT molecular complexity index is 519. The van der Waals surface area contributed by atoms with E-state index in [9.17, 15) is 4.79 Å². The van der Waals surface area contributed by atoms with E-state index in [2.05, 4.69) is 15.6 Å². The first-order chi connectivity index (χ1) is 8.56. The molecule has 0 unspecified atom stereocenters. The van der Waals surface area contributed by atoms with Crippen molar-refractivity contribution < 1.29 is 4.79 Å². The van der Waals surface area contributed by atoms with E-state index in [1.165, 1.54) is 18.7 Å². The van der Waals surface area contributed by atoms with Gasteiger partial charge in [0.25, 0.3) is 0 Å². The van der Waals surface area contributed by atoms with Gasteiger partial charge < -0.3 is 5.32 Å². The molecule has 0 atom stereocenters. The van der Waals surface area contributed by atoms with Gasteiger partial charge >= 0.3 is 0 Å². The van der Waals surface area contributed by atoms with Crippen LogP contribution in [0.15, 0.2) is 23.2 Å². The number of carbonyl (C=O) groups excluding carboxylic acids is 1. The van der Waals surface area contributed by atoms with Gasteiger partial charge in [0.05, 0.1) is 11.4 Å². The summed E-state index contributed by atoms with van der Waals surface area (Å²) in [6, 6.07) is 5.53. The molecule has 0 aromatic heterocycles. The van der Waals surface area contributed by atoms with Crippen LogP contribution >= 0.6 is 11.8 Å². The van der Waals surface area contributed by atoms with E-state index in [0.29, 0.717) is 16.5 Å². The van der Waals surface area contributed by atoms with Crippen molar-refractivity contribution in [1.29, 1.82) is 5.26 Å². The number of nitrogens with zero attached hydrogens (tertiary/aromatic N) is 2. The lowest BCUT2D eigenvalue weighted by atomic mass is 10.2. The standard InChI is InChI=1S/C12H14N4OS/c1-8-4-5-10(15-9(2)17)11(6-8)16-12(18-3)14-7-13/h4-6H,1-3H3,(H,14,16)(H,15,17). The number of aliphatic imine (C=N–C) groups is 1. The summed E-state index contributed by atoms with van der Waals surface area (Å²) < 4.78 is 0. The number of carbonyl (C=O) groups is 1. The third-order valence-electron chi connectivity index (χ3n) is 2.04. The highest BCUT2D eigenvalue weighted by Crippen LogP contribution is 2.27. The quantitative estimate of drug-likeness (QED) is 0.371. The van der Waals surface area contributed by atoms with Crippen LogP contribution < -0.4 is 10.6 Å². The molecule has 1 amide bonds.